The summed E-state index contributed by atoms with van der Waals surface area (Å²) in [4.78, 5) is 30.5. The molecule has 1 aromatic heterocycles. The van der Waals surface area contributed by atoms with Gasteiger partial charge in [-0.15, -0.1) is 0 Å². The summed E-state index contributed by atoms with van der Waals surface area (Å²) in [5.74, 6) is 0.256. The van der Waals surface area contributed by atoms with Crippen molar-refractivity contribution in [3.63, 3.8) is 0 Å². The van der Waals surface area contributed by atoms with Crippen molar-refractivity contribution in [2.75, 3.05) is 27.7 Å². The molecule has 0 spiro atoms. The molecule has 0 atom stereocenters. The average Bonchev–Trinajstić information content (AvgIpc) is 3.41. The fraction of sp³-hybridized carbons (Fsp3) is 0.176. The van der Waals surface area contributed by atoms with E-state index in [1.165, 1.54) is 4.90 Å². The first kappa shape index (κ1) is 24.4. The van der Waals surface area contributed by atoms with Crippen LogP contribution >= 0.6 is 0 Å². The van der Waals surface area contributed by atoms with Gasteiger partial charge < -0.3 is 14.2 Å². The minimum atomic E-state index is -0.254. The third-order valence-electron chi connectivity index (χ3n) is 8.00. The molecule has 6 heteroatoms. The summed E-state index contributed by atoms with van der Waals surface area (Å²) in [6.07, 6.45) is 0. The lowest BCUT2D eigenvalue weighted by Gasteiger charge is -2.15. The van der Waals surface area contributed by atoms with E-state index in [1.54, 1.807) is 7.05 Å². The quantitative estimate of drug-likeness (QED) is 0.184. The van der Waals surface area contributed by atoms with Gasteiger partial charge in [0.25, 0.3) is 11.8 Å². The Kier molecular flexibility index (Phi) is 5.61. The SMILES string of the molecule is CN(C)CCn1c2cc(OCc3ccccc3)ccc2c2c3c(c4cc5ccccc5cc4c21)C(=O)N(C)C3=O. The van der Waals surface area contributed by atoms with Crippen LogP contribution in [0, 0.1) is 0 Å². The number of amides is 2. The molecular formula is C34H29N3O3. The van der Waals surface area contributed by atoms with E-state index in [0.717, 1.165) is 61.2 Å². The number of carbonyl (C=O) groups excluding carboxylic acids is 2. The second-order valence-corrected chi connectivity index (χ2v) is 10.8. The molecule has 1 aliphatic heterocycles. The second kappa shape index (κ2) is 9.21. The highest BCUT2D eigenvalue weighted by Gasteiger charge is 2.38. The lowest BCUT2D eigenvalue weighted by Crippen LogP contribution is -2.24. The van der Waals surface area contributed by atoms with E-state index in [9.17, 15) is 9.59 Å². The summed E-state index contributed by atoms with van der Waals surface area (Å²) >= 11 is 0. The fourth-order valence-electron chi connectivity index (χ4n) is 5.99. The first-order valence-electron chi connectivity index (χ1n) is 13.5. The van der Waals surface area contributed by atoms with Gasteiger partial charge in [0.05, 0.1) is 22.2 Å². The zero-order valence-corrected chi connectivity index (χ0v) is 22.8. The van der Waals surface area contributed by atoms with Gasteiger partial charge in [-0.25, -0.2) is 0 Å². The Hall–Kier alpha value is -4.68. The molecule has 5 aromatic carbocycles. The number of carbonyl (C=O) groups is 2. The monoisotopic (exact) mass is 527 g/mol. The number of nitrogens with zero attached hydrogens (tertiary/aromatic N) is 3. The average molecular weight is 528 g/mol. The van der Waals surface area contributed by atoms with Crippen LogP contribution in [0.15, 0.2) is 84.9 Å². The van der Waals surface area contributed by atoms with Crippen molar-refractivity contribution < 1.29 is 14.3 Å². The standard InChI is InChI=1S/C34H29N3O3/c1-35(2)15-16-37-28-19-24(40-20-21-9-5-4-6-10-21)13-14-25(28)29-31-30(33(38)36(3)34(31)39)26-17-22-11-7-8-12-23(22)18-27(26)32(29)37/h4-14,17-19H,15-16,20H2,1-3H3. The summed E-state index contributed by atoms with van der Waals surface area (Å²) in [6.45, 7) is 1.99. The van der Waals surface area contributed by atoms with Crippen LogP contribution in [0.3, 0.4) is 0 Å². The Bertz CT molecular complexity index is 1990. The molecule has 6 nitrogen and oxygen atoms in total. The first-order chi connectivity index (χ1) is 19.4. The van der Waals surface area contributed by atoms with Crippen molar-refractivity contribution in [2.45, 2.75) is 13.2 Å². The predicted octanol–water partition coefficient (Wildman–Crippen LogP) is 6.47. The number of aromatic nitrogens is 1. The van der Waals surface area contributed by atoms with Gasteiger partial charge in [0.1, 0.15) is 12.4 Å². The lowest BCUT2D eigenvalue weighted by molar-refractivity contribution is 0.0694. The number of hydrogen-bond donors (Lipinski definition) is 0. The molecule has 0 radical (unpaired) electrons. The zero-order chi connectivity index (χ0) is 27.5. The molecule has 0 saturated carbocycles. The Morgan fingerprint density at radius 2 is 1.43 bits per heavy atom. The Balaban J connectivity index is 1.56. The van der Waals surface area contributed by atoms with Crippen LogP contribution in [0.25, 0.3) is 43.4 Å². The van der Waals surface area contributed by atoms with E-state index >= 15 is 0 Å². The summed E-state index contributed by atoms with van der Waals surface area (Å²) in [5, 5.41) is 5.72. The smallest absolute Gasteiger partial charge is 0.262 e. The van der Waals surface area contributed by atoms with Gasteiger partial charge in [-0.1, -0.05) is 54.6 Å². The van der Waals surface area contributed by atoms with E-state index in [1.807, 2.05) is 60.7 Å². The minimum absolute atomic E-state index is 0.251. The molecule has 0 bridgehead atoms. The molecule has 1 aliphatic rings. The number of imide groups is 1. The van der Waals surface area contributed by atoms with Crippen LogP contribution in [0.5, 0.6) is 5.75 Å². The van der Waals surface area contributed by atoms with E-state index in [0.29, 0.717) is 24.3 Å². The molecule has 0 N–H and O–H groups in total. The third kappa shape index (κ3) is 3.67. The Labute approximate surface area is 232 Å². The van der Waals surface area contributed by atoms with Crippen molar-refractivity contribution in [3.05, 3.63) is 102 Å². The van der Waals surface area contributed by atoms with Crippen LogP contribution in [-0.4, -0.2) is 53.9 Å². The second-order valence-electron chi connectivity index (χ2n) is 10.8. The van der Waals surface area contributed by atoms with Gasteiger partial charge in [0.2, 0.25) is 0 Å². The Morgan fingerprint density at radius 1 is 0.750 bits per heavy atom. The van der Waals surface area contributed by atoms with E-state index in [4.69, 9.17) is 4.74 Å². The van der Waals surface area contributed by atoms with Crippen LogP contribution < -0.4 is 4.74 Å². The van der Waals surface area contributed by atoms with Gasteiger partial charge in [-0.3, -0.25) is 14.5 Å². The van der Waals surface area contributed by atoms with Crippen molar-refractivity contribution in [1.82, 2.24) is 14.4 Å². The maximum Gasteiger partial charge on any atom is 0.262 e. The number of ether oxygens (including phenoxy) is 1. The molecular weight excluding hydrogens is 498 g/mol. The van der Waals surface area contributed by atoms with Gasteiger partial charge in [0.15, 0.2) is 0 Å². The predicted molar refractivity (Wildman–Crippen MR) is 160 cm³/mol. The molecule has 0 saturated heterocycles. The summed E-state index contributed by atoms with van der Waals surface area (Å²) < 4.78 is 8.52. The zero-order valence-electron chi connectivity index (χ0n) is 22.8. The van der Waals surface area contributed by atoms with Crippen LogP contribution in [0.2, 0.25) is 0 Å². The van der Waals surface area contributed by atoms with Crippen LogP contribution in [-0.2, 0) is 13.2 Å². The van der Waals surface area contributed by atoms with Crippen LogP contribution in [0.1, 0.15) is 26.3 Å². The van der Waals surface area contributed by atoms with E-state index in [2.05, 4.69) is 47.8 Å². The third-order valence-corrected chi connectivity index (χ3v) is 8.00. The summed E-state index contributed by atoms with van der Waals surface area (Å²) in [5.41, 5.74) is 4.06. The van der Waals surface area contributed by atoms with E-state index in [-0.39, 0.29) is 11.8 Å². The summed E-state index contributed by atoms with van der Waals surface area (Å²) in [7, 11) is 5.69. The van der Waals surface area contributed by atoms with Crippen molar-refractivity contribution in [3.8, 4) is 5.75 Å². The fourth-order valence-corrected chi connectivity index (χ4v) is 5.99. The number of likely N-dealkylation sites (N-methyl/N-ethyl adjacent to an activating group) is 1. The number of benzene rings is 5. The normalized spacial score (nSPS) is 13.4. The van der Waals surface area contributed by atoms with Crippen molar-refractivity contribution >= 4 is 55.2 Å². The molecule has 7 rings (SSSR count). The molecule has 6 aromatic rings. The highest BCUT2D eigenvalue weighted by Crippen LogP contribution is 2.44. The Morgan fingerprint density at radius 3 is 2.15 bits per heavy atom. The molecule has 2 heterocycles. The largest absolute Gasteiger partial charge is 0.489 e. The highest BCUT2D eigenvalue weighted by atomic mass is 16.5. The maximum atomic E-state index is 13.6. The van der Waals surface area contributed by atoms with Gasteiger partial charge in [0, 0.05) is 42.4 Å². The van der Waals surface area contributed by atoms with Crippen molar-refractivity contribution in [1.29, 1.82) is 0 Å². The van der Waals surface area contributed by atoms with Gasteiger partial charge in [-0.2, -0.15) is 0 Å². The molecule has 0 fully saturated rings. The molecule has 0 unspecified atom stereocenters. The number of rotatable bonds is 6. The molecule has 2 amide bonds. The minimum Gasteiger partial charge on any atom is -0.489 e. The van der Waals surface area contributed by atoms with E-state index < -0.39 is 0 Å². The number of fused-ring (bicyclic) bond motifs is 9. The highest BCUT2D eigenvalue weighted by molar-refractivity contribution is 6.37. The lowest BCUT2D eigenvalue weighted by atomic mass is 9.93. The van der Waals surface area contributed by atoms with Gasteiger partial charge >= 0.3 is 0 Å². The van der Waals surface area contributed by atoms with Crippen LogP contribution in [0.4, 0.5) is 0 Å². The molecule has 40 heavy (non-hydrogen) atoms. The first-order valence-corrected chi connectivity index (χ1v) is 13.5. The van der Waals surface area contributed by atoms with Crippen molar-refractivity contribution in [2.24, 2.45) is 0 Å². The number of hydrogen-bond acceptors (Lipinski definition) is 4. The summed E-state index contributed by atoms with van der Waals surface area (Å²) in [6, 6.07) is 28.6. The topological polar surface area (TPSA) is 54.8 Å². The molecule has 0 aliphatic carbocycles. The maximum absolute atomic E-state index is 13.6. The molecule has 198 valence electrons. The van der Waals surface area contributed by atoms with Gasteiger partial charge in [-0.05, 0) is 60.1 Å².